The van der Waals surface area contributed by atoms with Crippen molar-refractivity contribution in [2.75, 3.05) is 0 Å². The van der Waals surface area contributed by atoms with Gasteiger partial charge < -0.3 is 9.84 Å². The fourth-order valence-electron chi connectivity index (χ4n) is 0.470. The molecule has 4 heteroatoms. The lowest BCUT2D eigenvalue weighted by Gasteiger charge is -2.18. The molecule has 0 heterocycles. The molecule has 0 aromatic heterocycles. The van der Waals surface area contributed by atoms with E-state index >= 15 is 0 Å². The van der Waals surface area contributed by atoms with Gasteiger partial charge in [-0.05, 0) is 6.08 Å². The maximum Gasteiger partial charge on any atom is 0.352 e. The summed E-state index contributed by atoms with van der Waals surface area (Å²) in [5, 5.41) is 9.15. The van der Waals surface area contributed by atoms with E-state index in [9.17, 15) is 9.90 Å². The van der Waals surface area contributed by atoms with Crippen molar-refractivity contribution >= 4 is 17.6 Å². The lowest BCUT2D eigenvalue weighted by molar-refractivity contribution is -0.150. The van der Waals surface area contributed by atoms with Crippen molar-refractivity contribution < 1.29 is 14.6 Å². The Balaban J connectivity index is 4.74. The SMILES string of the molecule is C=COC(=O)C(O)(C=C)C(=C)Cl. The molecule has 66 valence electrons. The van der Waals surface area contributed by atoms with Crippen LogP contribution >= 0.6 is 11.6 Å². The minimum Gasteiger partial charge on any atom is -0.432 e. The molecule has 0 aliphatic rings. The number of aliphatic hydroxyl groups is 1. The van der Waals surface area contributed by atoms with Crippen molar-refractivity contribution in [3.63, 3.8) is 0 Å². The highest BCUT2D eigenvalue weighted by Gasteiger charge is 2.36. The van der Waals surface area contributed by atoms with Crippen molar-refractivity contribution in [3.05, 3.63) is 37.1 Å². The van der Waals surface area contributed by atoms with Gasteiger partial charge in [0.15, 0.2) is 0 Å². The molecule has 0 amide bonds. The summed E-state index contributed by atoms with van der Waals surface area (Å²) in [6.07, 6.45) is 1.82. The zero-order chi connectivity index (χ0) is 9.78. The maximum absolute atomic E-state index is 11.0. The number of halogens is 1. The monoisotopic (exact) mass is 188 g/mol. The van der Waals surface area contributed by atoms with Gasteiger partial charge in [0.25, 0.3) is 0 Å². The van der Waals surface area contributed by atoms with Crippen LogP contribution in [0.2, 0.25) is 0 Å². The summed E-state index contributed by atoms with van der Waals surface area (Å²) in [6.45, 7) is 9.58. The van der Waals surface area contributed by atoms with Crippen LogP contribution in [0.5, 0.6) is 0 Å². The first-order valence-electron chi connectivity index (χ1n) is 3.02. The fraction of sp³-hybridized carbons (Fsp3) is 0.125. The highest BCUT2D eigenvalue weighted by Crippen LogP contribution is 2.21. The van der Waals surface area contributed by atoms with Gasteiger partial charge in [-0.15, -0.1) is 0 Å². The Morgan fingerprint density at radius 3 is 2.33 bits per heavy atom. The van der Waals surface area contributed by atoms with E-state index in [1.165, 1.54) is 0 Å². The Labute approximate surface area is 75.6 Å². The summed E-state index contributed by atoms with van der Waals surface area (Å²) >= 11 is 5.36. The molecular weight excluding hydrogens is 180 g/mol. The molecule has 0 aromatic carbocycles. The third kappa shape index (κ3) is 1.96. The smallest absolute Gasteiger partial charge is 0.352 e. The highest BCUT2D eigenvalue weighted by molar-refractivity contribution is 6.32. The van der Waals surface area contributed by atoms with Crippen LogP contribution in [-0.4, -0.2) is 16.7 Å². The molecule has 0 aliphatic carbocycles. The van der Waals surface area contributed by atoms with Gasteiger partial charge in [0.05, 0.1) is 11.3 Å². The van der Waals surface area contributed by atoms with Crippen LogP contribution < -0.4 is 0 Å². The van der Waals surface area contributed by atoms with E-state index in [-0.39, 0.29) is 5.03 Å². The number of hydrogen-bond donors (Lipinski definition) is 1. The summed E-state index contributed by atoms with van der Waals surface area (Å²) < 4.78 is 4.32. The van der Waals surface area contributed by atoms with Crippen molar-refractivity contribution in [1.29, 1.82) is 0 Å². The summed E-state index contributed by atoms with van der Waals surface area (Å²) in [7, 11) is 0. The Morgan fingerprint density at radius 1 is 1.58 bits per heavy atom. The van der Waals surface area contributed by atoms with Gasteiger partial charge in [0.2, 0.25) is 5.60 Å². The van der Waals surface area contributed by atoms with E-state index in [0.717, 1.165) is 12.3 Å². The van der Waals surface area contributed by atoms with Gasteiger partial charge in [-0.1, -0.05) is 31.3 Å². The molecule has 0 rings (SSSR count). The average molecular weight is 189 g/mol. The molecule has 1 atom stereocenters. The highest BCUT2D eigenvalue weighted by atomic mass is 35.5. The van der Waals surface area contributed by atoms with Gasteiger partial charge in [-0.25, -0.2) is 4.79 Å². The minimum absolute atomic E-state index is 0.274. The number of hydrogen-bond acceptors (Lipinski definition) is 3. The summed E-state index contributed by atoms with van der Waals surface area (Å²) in [4.78, 5) is 11.0. The molecule has 0 saturated carbocycles. The topological polar surface area (TPSA) is 46.5 Å². The number of ether oxygens (including phenoxy) is 1. The number of rotatable bonds is 4. The van der Waals surface area contributed by atoms with E-state index in [2.05, 4.69) is 24.5 Å². The van der Waals surface area contributed by atoms with Gasteiger partial charge >= 0.3 is 5.97 Å². The quantitative estimate of drug-likeness (QED) is 0.412. The molecule has 0 fully saturated rings. The lowest BCUT2D eigenvalue weighted by Crippen LogP contribution is -2.37. The van der Waals surface area contributed by atoms with E-state index in [1.54, 1.807) is 0 Å². The number of carbonyl (C=O) groups is 1. The molecule has 12 heavy (non-hydrogen) atoms. The van der Waals surface area contributed by atoms with Crippen LogP contribution in [0.25, 0.3) is 0 Å². The summed E-state index contributed by atoms with van der Waals surface area (Å²) in [6, 6.07) is 0. The molecule has 1 unspecified atom stereocenters. The zero-order valence-electron chi connectivity index (χ0n) is 6.42. The van der Waals surface area contributed by atoms with Gasteiger partial charge in [0, 0.05) is 0 Å². The number of carbonyl (C=O) groups excluding carboxylic acids is 1. The predicted molar refractivity (Wildman–Crippen MR) is 46.4 cm³/mol. The Bertz CT molecular complexity index is 234. The van der Waals surface area contributed by atoms with Crippen LogP contribution in [0.3, 0.4) is 0 Å². The van der Waals surface area contributed by atoms with Crippen LogP contribution in [0.15, 0.2) is 37.1 Å². The Hall–Kier alpha value is -1.06. The van der Waals surface area contributed by atoms with Crippen LogP contribution in [0, 0.1) is 0 Å². The summed E-state index contributed by atoms with van der Waals surface area (Å²) in [5.41, 5.74) is -2.05. The van der Waals surface area contributed by atoms with Crippen LogP contribution in [-0.2, 0) is 9.53 Å². The second-order valence-corrected chi connectivity index (χ2v) is 2.40. The third-order valence-corrected chi connectivity index (χ3v) is 1.50. The summed E-state index contributed by atoms with van der Waals surface area (Å²) in [5.74, 6) is -0.979. The second kappa shape index (κ2) is 4.09. The molecule has 0 aromatic rings. The predicted octanol–water partition coefficient (Wildman–Crippen LogP) is 1.34. The number of esters is 1. The van der Waals surface area contributed by atoms with Crippen molar-refractivity contribution in [3.8, 4) is 0 Å². The van der Waals surface area contributed by atoms with Crippen LogP contribution in [0.1, 0.15) is 0 Å². The molecule has 3 nitrogen and oxygen atoms in total. The van der Waals surface area contributed by atoms with E-state index in [0.29, 0.717) is 0 Å². The van der Waals surface area contributed by atoms with Gasteiger partial charge in [-0.2, -0.15) is 0 Å². The zero-order valence-corrected chi connectivity index (χ0v) is 7.17. The standard InChI is InChI=1S/C8H9ClO3/c1-4-8(11,6(3)9)7(10)12-5-2/h4-5,11H,1-3H2. The first kappa shape index (κ1) is 10.9. The van der Waals surface area contributed by atoms with Crippen molar-refractivity contribution in [2.45, 2.75) is 5.60 Å². The Morgan fingerprint density at radius 2 is 2.08 bits per heavy atom. The third-order valence-electron chi connectivity index (χ3n) is 1.21. The van der Waals surface area contributed by atoms with Gasteiger partial charge in [0.1, 0.15) is 0 Å². The Kier molecular flexibility index (Phi) is 3.73. The molecule has 0 bridgehead atoms. The molecule has 0 spiro atoms. The molecule has 0 aliphatic heterocycles. The average Bonchev–Trinajstić information content (AvgIpc) is 2.03. The normalized spacial score (nSPS) is 14.2. The van der Waals surface area contributed by atoms with Gasteiger partial charge in [-0.3, -0.25) is 0 Å². The molecule has 1 N–H and O–H groups in total. The first-order chi connectivity index (χ1) is 5.49. The first-order valence-corrected chi connectivity index (χ1v) is 3.39. The second-order valence-electron chi connectivity index (χ2n) is 1.95. The lowest BCUT2D eigenvalue weighted by atomic mass is 10.1. The fourth-order valence-corrected chi connectivity index (χ4v) is 0.625. The van der Waals surface area contributed by atoms with Crippen molar-refractivity contribution in [1.82, 2.24) is 0 Å². The van der Waals surface area contributed by atoms with Crippen molar-refractivity contribution in [2.24, 2.45) is 0 Å². The molecule has 0 saturated heterocycles. The largest absolute Gasteiger partial charge is 0.432 e. The van der Waals surface area contributed by atoms with E-state index in [4.69, 9.17) is 11.6 Å². The molecule has 0 radical (unpaired) electrons. The van der Waals surface area contributed by atoms with E-state index < -0.39 is 11.6 Å². The maximum atomic E-state index is 11.0. The van der Waals surface area contributed by atoms with Crippen LogP contribution in [0.4, 0.5) is 0 Å². The molecular formula is C8H9ClO3. The minimum atomic E-state index is -2.05. The van der Waals surface area contributed by atoms with E-state index in [1.807, 2.05) is 0 Å².